The van der Waals surface area contributed by atoms with Crippen LogP contribution in [0, 0.1) is 10.1 Å². The van der Waals surface area contributed by atoms with Gasteiger partial charge in [0.15, 0.2) is 6.23 Å². The second-order valence-corrected chi connectivity index (χ2v) is 4.81. The first kappa shape index (κ1) is 12.8. The van der Waals surface area contributed by atoms with Crippen molar-refractivity contribution in [3.63, 3.8) is 0 Å². The summed E-state index contributed by atoms with van der Waals surface area (Å²) in [6.07, 6.45) is 4.50. The largest absolute Gasteiger partial charge is 0.356 e. The van der Waals surface area contributed by atoms with Gasteiger partial charge in [0.2, 0.25) is 0 Å². The van der Waals surface area contributed by atoms with Gasteiger partial charge in [-0.3, -0.25) is 10.1 Å². The number of non-ortho nitro benzene ring substituents is 1. The molecular weight excluding hydrogens is 258 g/mol. The van der Waals surface area contributed by atoms with Crippen LogP contribution in [0.4, 0.5) is 5.69 Å². The number of hydrogen-bond donors (Lipinski definition) is 0. The lowest BCUT2D eigenvalue weighted by atomic mass is 10.1. The fraction of sp³-hybridized carbons (Fsp3) is 0.357. The van der Waals surface area contributed by atoms with E-state index in [1.807, 2.05) is 0 Å². The minimum absolute atomic E-state index is 0.0603. The molecule has 1 fully saturated rings. The fourth-order valence-electron chi connectivity index (χ4n) is 2.55. The van der Waals surface area contributed by atoms with Crippen LogP contribution in [0.25, 0.3) is 17.0 Å². The van der Waals surface area contributed by atoms with Gasteiger partial charge >= 0.3 is 0 Å². The van der Waals surface area contributed by atoms with E-state index >= 15 is 0 Å². The molecule has 2 heterocycles. The van der Waals surface area contributed by atoms with Crippen LogP contribution >= 0.6 is 0 Å². The summed E-state index contributed by atoms with van der Waals surface area (Å²) < 4.78 is 7.48. The first-order chi connectivity index (χ1) is 9.70. The van der Waals surface area contributed by atoms with Crippen molar-refractivity contribution in [2.24, 2.45) is 0 Å². The highest BCUT2D eigenvalue weighted by molar-refractivity contribution is 5.88. The summed E-state index contributed by atoms with van der Waals surface area (Å²) in [5.74, 6) is 0. The molecule has 20 heavy (non-hydrogen) atoms. The lowest BCUT2D eigenvalue weighted by Gasteiger charge is -2.23. The molecule has 2 aromatic rings. The molecular formula is C14H15N3O3. The molecule has 1 unspecified atom stereocenters. The number of rotatable bonds is 3. The minimum Gasteiger partial charge on any atom is -0.356 e. The Bertz CT molecular complexity index is 672. The molecule has 3 rings (SSSR count). The number of nitrogens with zero attached hydrogens (tertiary/aromatic N) is 3. The summed E-state index contributed by atoms with van der Waals surface area (Å²) in [6, 6.07) is 4.76. The van der Waals surface area contributed by atoms with Gasteiger partial charge in [0.25, 0.3) is 5.69 Å². The summed E-state index contributed by atoms with van der Waals surface area (Å²) in [7, 11) is 0. The maximum atomic E-state index is 10.9. The first-order valence-corrected chi connectivity index (χ1v) is 6.61. The van der Waals surface area contributed by atoms with Gasteiger partial charge in [-0.15, -0.1) is 0 Å². The van der Waals surface area contributed by atoms with E-state index in [-0.39, 0.29) is 11.9 Å². The third-order valence-electron chi connectivity index (χ3n) is 3.55. The SMILES string of the molecule is C=Cc1nn(C2CCCCO2)c2cc([N+](=O)[O-])ccc12. The van der Waals surface area contributed by atoms with Gasteiger partial charge in [-0.2, -0.15) is 5.10 Å². The number of ether oxygens (including phenoxy) is 1. The predicted molar refractivity (Wildman–Crippen MR) is 75.3 cm³/mol. The Morgan fingerprint density at radius 1 is 1.50 bits per heavy atom. The second-order valence-electron chi connectivity index (χ2n) is 4.81. The van der Waals surface area contributed by atoms with Crippen LogP contribution in [0.5, 0.6) is 0 Å². The van der Waals surface area contributed by atoms with Crippen molar-refractivity contribution in [1.29, 1.82) is 0 Å². The molecule has 0 aliphatic carbocycles. The lowest BCUT2D eigenvalue weighted by Crippen LogP contribution is -2.19. The van der Waals surface area contributed by atoms with Gasteiger partial charge in [-0.1, -0.05) is 6.58 Å². The Morgan fingerprint density at radius 3 is 3.00 bits per heavy atom. The average molecular weight is 273 g/mol. The molecule has 1 saturated heterocycles. The quantitative estimate of drug-likeness (QED) is 0.635. The Labute approximate surface area is 115 Å². The average Bonchev–Trinajstić information content (AvgIpc) is 2.86. The predicted octanol–water partition coefficient (Wildman–Crippen LogP) is 3.29. The van der Waals surface area contributed by atoms with Gasteiger partial charge in [0.1, 0.15) is 0 Å². The maximum absolute atomic E-state index is 10.9. The highest BCUT2D eigenvalue weighted by atomic mass is 16.6. The summed E-state index contributed by atoms with van der Waals surface area (Å²) in [4.78, 5) is 10.5. The van der Waals surface area contributed by atoms with Gasteiger partial charge in [-0.25, -0.2) is 4.68 Å². The van der Waals surface area contributed by atoms with E-state index < -0.39 is 4.92 Å². The summed E-state index contributed by atoms with van der Waals surface area (Å²) >= 11 is 0. The Hall–Kier alpha value is -2.21. The molecule has 1 aromatic heterocycles. The van der Waals surface area contributed by atoms with Crippen molar-refractivity contribution in [3.05, 3.63) is 40.6 Å². The number of nitro groups is 1. The van der Waals surface area contributed by atoms with Gasteiger partial charge < -0.3 is 4.74 Å². The molecule has 1 aliphatic rings. The van der Waals surface area contributed by atoms with Crippen LogP contribution in [0.3, 0.4) is 0 Å². The number of fused-ring (bicyclic) bond motifs is 1. The maximum Gasteiger partial charge on any atom is 0.271 e. The van der Waals surface area contributed by atoms with E-state index in [1.165, 1.54) is 6.07 Å². The standard InChI is InChI=1S/C14H15N3O3/c1-2-12-11-7-6-10(17(18)19)9-13(11)16(15-12)14-5-3-4-8-20-14/h2,6-7,9,14H,1,3-5,8H2. The lowest BCUT2D eigenvalue weighted by molar-refractivity contribution is -0.384. The molecule has 1 aromatic carbocycles. The van der Waals surface area contributed by atoms with Crippen LogP contribution in [0.15, 0.2) is 24.8 Å². The molecule has 0 bridgehead atoms. The van der Waals surface area contributed by atoms with Crippen LogP contribution in [-0.4, -0.2) is 21.3 Å². The smallest absolute Gasteiger partial charge is 0.271 e. The van der Waals surface area contributed by atoms with Gasteiger partial charge in [-0.05, 0) is 31.4 Å². The summed E-state index contributed by atoms with van der Waals surface area (Å²) in [6.45, 7) is 4.45. The zero-order valence-corrected chi connectivity index (χ0v) is 11.0. The van der Waals surface area contributed by atoms with Crippen LogP contribution in [0.1, 0.15) is 31.2 Å². The van der Waals surface area contributed by atoms with Gasteiger partial charge in [0, 0.05) is 24.1 Å². The number of nitro benzene ring substituents is 1. The normalized spacial score (nSPS) is 19.1. The second kappa shape index (κ2) is 5.05. The molecule has 104 valence electrons. The Morgan fingerprint density at radius 2 is 2.35 bits per heavy atom. The van der Waals surface area contributed by atoms with E-state index in [2.05, 4.69) is 11.7 Å². The minimum atomic E-state index is -0.397. The van der Waals surface area contributed by atoms with E-state index in [4.69, 9.17) is 4.74 Å². The topological polar surface area (TPSA) is 70.2 Å². The molecule has 0 spiro atoms. The van der Waals surface area contributed by atoms with Crippen molar-refractivity contribution < 1.29 is 9.66 Å². The Balaban J connectivity index is 2.16. The van der Waals surface area contributed by atoms with Crippen molar-refractivity contribution in [1.82, 2.24) is 9.78 Å². The molecule has 0 amide bonds. The van der Waals surface area contributed by atoms with Crippen molar-refractivity contribution in [3.8, 4) is 0 Å². The fourth-order valence-corrected chi connectivity index (χ4v) is 2.55. The molecule has 6 nitrogen and oxygen atoms in total. The number of benzene rings is 1. The van der Waals surface area contributed by atoms with Crippen LogP contribution in [-0.2, 0) is 4.74 Å². The monoisotopic (exact) mass is 273 g/mol. The number of hydrogen-bond acceptors (Lipinski definition) is 4. The zero-order valence-electron chi connectivity index (χ0n) is 11.0. The third-order valence-corrected chi connectivity index (χ3v) is 3.55. The molecule has 0 N–H and O–H groups in total. The van der Waals surface area contributed by atoms with Crippen molar-refractivity contribution in [2.75, 3.05) is 6.61 Å². The highest BCUT2D eigenvalue weighted by Crippen LogP contribution is 2.30. The van der Waals surface area contributed by atoms with E-state index in [9.17, 15) is 10.1 Å². The van der Waals surface area contributed by atoms with E-state index in [1.54, 1.807) is 22.9 Å². The number of aromatic nitrogens is 2. The van der Waals surface area contributed by atoms with Gasteiger partial charge in [0.05, 0.1) is 16.1 Å². The van der Waals surface area contributed by atoms with E-state index in [0.29, 0.717) is 6.61 Å². The molecule has 6 heteroatoms. The molecule has 1 atom stereocenters. The van der Waals surface area contributed by atoms with Crippen molar-refractivity contribution in [2.45, 2.75) is 25.5 Å². The zero-order chi connectivity index (χ0) is 14.1. The molecule has 1 aliphatic heterocycles. The van der Waals surface area contributed by atoms with E-state index in [0.717, 1.165) is 35.9 Å². The summed E-state index contributed by atoms with van der Waals surface area (Å²) in [5, 5.41) is 16.3. The molecule has 0 saturated carbocycles. The van der Waals surface area contributed by atoms with Crippen LogP contribution in [0.2, 0.25) is 0 Å². The third kappa shape index (κ3) is 2.08. The first-order valence-electron chi connectivity index (χ1n) is 6.61. The summed E-state index contributed by atoms with van der Waals surface area (Å²) in [5.41, 5.74) is 1.51. The van der Waals surface area contributed by atoms with Crippen LogP contribution < -0.4 is 0 Å². The highest BCUT2D eigenvalue weighted by Gasteiger charge is 2.21. The Kier molecular flexibility index (Phi) is 3.23. The molecule has 0 radical (unpaired) electrons. The van der Waals surface area contributed by atoms with Crippen molar-refractivity contribution >= 4 is 22.7 Å².